The second-order valence-corrected chi connectivity index (χ2v) is 3.43. The highest BCUT2D eigenvalue weighted by Gasteiger charge is 2.26. The number of nitrogens with zero attached hydrogens (tertiary/aromatic N) is 2. The van der Waals surface area contributed by atoms with Gasteiger partial charge in [0.15, 0.2) is 0 Å². The van der Waals surface area contributed by atoms with Crippen LogP contribution in [0.3, 0.4) is 0 Å². The first-order valence-corrected chi connectivity index (χ1v) is 4.29. The summed E-state index contributed by atoms with van der Waals surface area (Å²) in [4.78, 5) is 15.2. The number of hydrogen-bond acceptors (Lipinski definition) is 3. The number of carbonyl (C=O) groups excluding carboxylic acids is 1. The zero-order valence-corrected chi connectivity index (χ0v) is 7.79. The summed E-state index contributed by atoms with van der Waals surface area (Å²) in [5, 5.41) is 0. The van der Waals surface area contributed by atoms with E-state index in [1.165, 1.54) is 0 Å². The molecule has 1 rings (SSSR count). The van der Waals surface area contributed by atoms with E-state index in [1.807, 2.05) is 23.9 Å². The molecular formula is C8H17N3O. The molecule has 1 amide bonds. The van der Waals surface area contributed by atoms with Crippen molar-refractivity contribution in [2.45, 2.75) is 12.5 Å². The lowest BCUT2D eigenvalue weighted by atomic mass is 10.1. The number of rotatable bonds is 2. The second-order valence-electron chi connectivity index (χ2n) is 3.43. The molecule has 0 spiro atoms. The molecule has 1 saturated heterocycles. The second kappa shape index (κ2) is 3.87. The van der Waals surface area contributed by atoms with Crippen LogP contribution >= 0.6 is 0 Å². The van der Waals surface area contributed by atoms with Crippen LogP contribution < -0.4 is 5.73 Å². The fourth-order valence-electron chi connectivity index (χ4n) is 1.57. The number of nitrogens with two attached hydrogens (primary N) is 1. The van der Waals surface area contributed by atoms with Crippen LogP contribution in [0.5, 0.6) is 0 Å². The van der Waals surface area contributed by atoms with Crippen molar-refractivity contribution in [3.63, 3.8) is 0 Å². The Morgan fingerprint density at radius 3 is 2.83 bits per heavy atom. The van der Waals surface area contributed by atoms with Crippen molar-refractivity contribution < 1.29 is 4.79 Å². The molecule has 0 radical (unpaired) electrons. The molecule has 0 aromatic carbocycles. The molecular weight excluding hydrogens is 154 g/mol. The summed E-state index contributed by atoms with van der Waals surface area (Å²) >= 11 is 0. The first kappa shape index (κ1) is 9.48. The van der Waals surface area contributed by atoms with E-state index in [4.69, 9.17) is 5.73 Å². The molecule has 0 aliphatic carbocycles. The summed E-state index contributed by atoms with van der Waals surface area (Å²) in [6, 6.07) is 0.307. The zero-order chi connectivity index (χ0) is 9.14. The molecule has 1 aliphatic rings. The van der Waals surface area contributed by atoms with Crippen molar-refractivity contribution in [1.29, 1.82) is 0 Å². The van der Waals surface area contributed by atoms with Crippen LogP contribution in [0.1, 0.15) is 6.42 Å². The smallest absolute Gasteiger partial charge is 0.236 e. The molecule has 0 bridgehead atoms. The standard InChI is InChI=1S/C8H17N3O/c1-10-5-7(3-4-9)11(2)8(12)6-10/h7H,3-6,9H2,1-2H3. The molecule has 70 valence electrons. The van der Waals surface area contributed by atoms with Gasteiger partial charge in [-0.1, -0.05) is 0 Å². The van der Waals surface area contributed by atoms with Gasteiger partial charge in [-0.3, -0.25) is 9.69 Å². The van der Waals surface area contributed by atoms with Crippen molar-refractivity contribution in [1.82, 2.24) is 9.80 Å². The maximum atomic E-state index is 11.3. The van der Waals surface area contributed by atoms with Crippen LogP contribution in [-0.4, -0.2) is 55.5 Å². The highest BCUT2D eigenvalue weighted by molar-refractivity contribution is 5.79. The van der Waals surface area contributed by atoms with Gasteiger partial charge in [0, 0.05) is 19.6 Å². The van der Waals surface area contributed by atoms with Gasteiger partial charge >= 0.3 is 0 Å². The van der Waals surface area contributed by atoms with Crippen molar-refractivity contribution in [2.24, 2.45) is 5.73 Å². The fraction of sp³-hybridized carbons (Fsp3) is 0.875. The van der Waals surface area contributed by atoms with Gasteiger partial charge in [-0.2, -0.15) is 0 Å². The average Bonchev–Trinajstić information content (AvgIpc) is 2.00. The molecule has 0 aromatic heterocycles. The fourth-order valence-corrected chi connectivity index (χ4v) is 1.57. The topological polar surface area (TPSA) is 49.6 Å². The van der Waals surface area contributed by atoms with Gasteiger partial charge in [-0.05, 0) is 20.0 Å². The molecule has 12 heavy (non-hydrogen) atoms. The summed E-state index contributed by atoms with van der Waals surface area (Å²) in [6.07, 6.45) is 0.895. The molecule has 0 saturated carbocycles. The van der Waals surface area contributed by atoms with Crippen LogP contribution in [0.15, 0.2) is 0 Å². The Bertz CT molecular complexity index is 172. The lowest BCUT2D eigenvalue weighted by Gasteiger charge is -2.37. The lowest BCUT2D eigenvalue weighted by Crippen LogP contribution is -2.53. The highest BCUT2D eigenvalue weighted by Crippen LogP contribution is 2.09. The summed E-state index contributed by atoms with van der Waals surface area (Å²) in [5.74, 6) is 0.196. The van der Waals surface area contributed by atoms with Gasteiger partial charge < -0.3 is 10.6 Å². The van der Waals surface area contributed by atoms with E-state index in [9.17, 15) is 4.79 Å². The van der Waals surface area contributed by atoms with E-state index in [0.717, 1.165) is 13.0 Å². The molecule has 0 aromatic rings. The van der Waals surface area contributed by atoms with Crippen LogP contribution in [0.4, 0.5) is 0 Å². The number of carbonyl (C=O) groups is 1. The molecule has 1 atom stereocenters. The molecule has 4 heteroatoms. The molecule has 1 heterocycles. The summed E-state index contributed by atoms with van der Waals surface area (Å²) in [7, 11) is 3.82. The first-order chi connectivity index (χ1) is 5.65. The van der Waals surface area contributed by atoms with Gasteiger partial charge in [0.05, 0.1) is 6.54 Å². The van der Waals surface area contributed by atoms with E-state index in [0.29, 0.717) is 19.1 Å². The molecule has 2 N–H and O–H groups in total. The van der Waals surface area contributed by atoms with E-state index < -0.39 is 0 Å². The summed E-state index contributed by atoms with van der Waals surface area (Å²) < 4.78 is 0. The van der Waals surface area contributed by atoms with Crippen LogP contribution in [0.2, 0.25) is 0 Å². The van der Waals surface area contributed by atoms with Crippen LogP contribution in [0.25, 0.3) is 0 Å². The van der Waals surface area contributed by atoms with E-state index in [2.05, 4.69) is 0 Å². The van der Waals surface area contributed by atoms with Crippen molar-refractivity contribution in [3.8, 4) is 0 Å². The number of hydrogen-bond donors (Lipinski definition) is 1. The number of amides is 1. The first-order valence-electron chi connectivity index (χ1n) is 4.29. The Balaban J connectivity index is 2.53. The van der Waals surface area contributed by atoms with Crippen molar-refractivity contribution in [3.05, 3.63) is 0 Å². The van der Waals surface area contributed by atoms with E-state index in [-0.39, 0.29) is 5.91 Å². The third kappa shape index (κ3) is 1.95. The third-order valence-corrected chi connectivity index (χ3v) is 2.37. The van der Waals surface area contributed by atoms with E-state index >= 15 is 0 Å². The molecule has 1 aliphatic heterocycles. The van der Waals surface area contributed by atoms with Gasteiger partial charge in [-0.25, -0.2) is 0 Å². The predicted octanol–water partition coefficient (Wildman–Crippen LogP) is -0.892. The van der Waals surface area contributed by atoms with Gasteiger partial charge in [0.2, 0.25) is 5.91 Å². The Morgan fingerprint density at radius 2 is 2.25 bits per heavy atom. The lowest BCUT2D eigenvalue weighted by molar-refractivity contribution is -0.137. The average molecular weight is 171 g/mol. The Kier molecular flexibility index (Phi) is 3.05. The SMILES string of the molecule is CN1CC(=O)N(C)C(CCN)C1. The van der Waals surface area contributed by atoms with E-state index in [1.54, 1.807) is 0 Å². The monoisotopic (exact) mass is 171 g/mol. The van der Waals surface area contributed by atoms with Gasteiger partial charge in [0.1, 0.15) is 0 Å². The van der Waals surface area contributed by atoms with Crippen LogP contribution in [-0.2, 0) is 4.79 Å². The minimum atomic E-state index is 0.196. The maximum absolute atomic E-state index is 11.3. The Labute approximate surface area is 73.3 Å². The largest absolute Gasteiger partial charge is 0.340 e. The maximum Gasteiger partial charge on any atom is 0.236 e. The normalized spacial score (nSPS) is 26.4. The summed E-state index contributed by atoms with van der Waals surface area (Å²) in [6.45, 7) is 2.13. The van der Waals surface area contributed by atoms with Crippen molar-refractivity contribution in [2.75, 3.05) is 33.7 Å². The molecule has 1 fully saturated rings. The predicted molar refractivity (Wildman–Crippen MR) is 47.7 cm³/mol. The minimum absolute atomic E-state index is 0.196. The van der Waals surface area contributed by atoms with Crippen molar-refractivity contribution >= 4 is 5.91 Å². The summed E-state index contributed by atoms with van der Waals surface area (Å²) in [5.41, 5.74) is 5.46. The Hall–Kier alpha value is -0.610. The number of likely N-dealkylation sites (N-methyl/N-ethyl adjacent to an activating group) is 2. The quantitative estimate of drug-likeness (QED) is 0.586. The number of piperazine rings is 1. The van der Waals surface area contributed by atoms with Gasteiger partial charge in [0.25, 0.3) is 0 Å². The highest BCUT2D eigenvalue weighted by atomic mass is 16.2. The molecule has 4 nitrogen and oxygen atoms in total. The van der Waals surface area contributed by atoms with Gasteiger partial charge in [-0.15, -0.1) is 0 Å². The Morgan fingerprint density at radius 1 is 1.58 bits per heavy atom. The van der Waals surface area contributed by atoms with Crippen LogP contribution in [0, 0.1) is 0 Å². The zero-order valence-electron chi connectivity index (χ0n) is 7.79. The third-order valence-electron chi connectivity index (χ3n) is 2.37. The molecule has 1 unspecified atom stereocenters. The minimum Gasteiger partial charge on any atom is -0.340 e.